The summed E-state index contributed by atoms with van der Waals surface area (Å²) in [6, 6.07) is 4.39. The van der Waals surface area contributed by atoms with Gasteiger partial charge in [-0.05, 0) is 41.5 Å². The van der Waals surface area contributed by atoms with E-state index in [1.165, 1.54) is 34.6 Å². The van der Waals surface area contributed by atoms with Crippen molar-refractivity contribution in [1.82, 2.24) is 9.78 Å². The highest BCUT2D eigenvalue weighted by atomic mass is 16.6. The molecule has 21 heavy (non-hydrogen) atoms. The molecule has 0 aliphatic heterocycles. The Morgan fingerprint density at radius 2 is 1.81 bits per heavy atom. The molecule has 0 amide bonds. The van der Waals surface area contributed by atoms with Gasteiger partial charge < -0.3 is 0 Å². The van der Waals surface area contributed by atoms with Crippen molar-refractivity contribution in [2.45, 2.75) is 46.6 Å². The van der Waals surface area contributed by atoms with Gasteiger partial charge in [0, 0.05) is 0 Å². The fourth-order valence-corrected chi connectivity index (χ4v) is 2.37. The monoisotopic (exact) mass is 287 g/mol. The molecule has 0 spiro atoms. The highest BCUT2D eigenvalue weighted by Crippen LogP contribution is 2.27. The molecule has 0 unspecified atom stereocenters. The zero-order chi connectivity index (χ0) is 15.8. The largest absolute Gasteiger partial charge is 0.307 e. The maximum Gasteiger partial charge on any atom is 0.307 e. The molecule has 5 nitrogen and oxygen atoms in total. The zero-order valence-electron chi connectivity index (χ0n) is 13.2. The van der Waals surface area contributed by atoms with Gasteiger partial charge in [-0.3, -0.25) is 14.8 Å². The van der Waals surface area contributed by atoms with Crippen LogP contribution in [0.25, 0.3) is 0 Å². The molecule has 2 rings (SSSR count). The molecule has 0 N–H and O–H groups in total. The molecule has 1 aromatic heterocycles. The summed E-state index contributed by atoms with van der Waals surface area (Å²) >= 11 is 0. The van der Waals surface area contributed by atoms with E-state index in [4.69, 9.17) is 0 Å². The number of hydrogen-bond donors (Lipinski definition) is 0. The Morgan fingerprint density at radius 1 is 1.24 bits per heavy atom. The summed E-state index contributed by atoms with van der Waals surface area (Å²) in [5.41, 5.74) is 4.99. The van der Waals surface area contributed by atoms with Crippen molar-refractivity contribution in [3.8, 4) is 0 Å². The van der Waals surface area contributed by atoms with Crippen LogP contribution in [0.1, 0.15) is 43.0 Å². The lowest BCUT2D eigenvalue weighted by Gasteiger charge is -2.22. The van der Waals surface area contributed by atoms with Crippen molar-refractivity contribution in [2.24, 2.45) is 0 Å². The normalized spacial score (nSPS) is 11.7. The highest BCUT2D eigenvalue weighted by molar-refractivity contribution is 5.40. The van der Waals surface area contributed by atoms with Gasteiger partial charge in [0.15, 0.2) is 0 Å². The molecule has 112 valence electrons. The van der Waals surface area contributed by atoms with Gasteiger partial charge in [0.1, 0.15) is 12.4 Å². The molecule has 0 saturated heterocycles. The third kappa shape index (κ3) is 3.29. The molecule has 0 saturated carbocycles. The Kier molecular flexibility index (Phi) is 3.85. The molecule has 2 aromatic rings. The van der Waals surface area contributed by atoms with Crippen LogP contribution in [0, 0.1) is 24.0 Å². The lowest BCUT2D eigenvalue weighted by molar-refractivity contribution is -0.385. The van der Waals surface area contributed by atoms with Gasteiger partial charge >= 0.3 is 5.69 Å². The van der Waals surface area contributed by atoms with Crippen LogP contribution in [0.2, 0.25) is 0 Å². The van der Waals surface area contributed by atoms with Crippen LogP contribution in [-0.2, 0) is 12.0 Å². The summed E-state index contributed by atoms with van der Waals surface area (Å²) in [5, 5.41) is 14.8. The van der Waals surface area contributed by atoms with E-state index in [-0.39, 0.29) is 11.1 Å². The van der Waals surface area contributed by atoms with E-state index in [0.717, 1.165) is 0 Å². The first-order chi connectivity index (χ1) is 9.68. The molecule has 0 radical (unpaired) electrons. The van der Waals surface area contributed by atoms with Gasteiger partial charge in [-0.2, -0.15) is 5.10 Å². The van der Waals surface area contributed by atoms with Crippen LogP contribution in [0.3, 0.4) is 0 Å². The van der Waals surface area contributed by atoms with E-state index in [9.17, 15) is 10.1 Å². The standard InChI is InChI=1S/C16H21N3O2/c1-11-6-13(16(3,4)5)7-12(2)15(11)10-18-9-14(8-17-18)19(20)21/h6-9H,10H2,1-5H3. The lowest BCUT2D eigenvalue weighted by atomic mass is 9.84. The summed E-state index contributed by atoms with van der Waals surface area (Å²) in [5.74, 6) is 0. The van der Waals surface area contributed by atoms with Crippen molar-refractivity contribution in [3.63, 3.8) is 0 Å². The van der Waals surface area contributed by atoms with E-state index in [0.29, 0.717) is 6.54 Å². The quantitative estimate of drug-likeness (QED) is 0.638. The fraction of sp³-hybridized carbons (Fsp3) is 0.438. The summed E-state index contributed by atoms with van der Waals surface area (Å²) in [6.45, 7) is 11.3. The van der Waals surface area contributed by atoms with Crippen molar-refractivity contribution < 1.29 is 4.92 Å². The topological polar surface area (TPSA) is 61.0 Å². The first kappa shape index (κ1) is 15.2. The van der Waals surface area contributed by atoms with Crippen LogP contribution in [0.15, 0.2) is 24.5 Å². The number of hydrogen-bond acceptors (Lipinski definition) is 3. The Balaban J connectivity index is 2.34. The van der Waals surface area contributed by atoms with Crippen LogP contribution in [-0.4, -0.2) is 14.7 Å². The Labute approximate surface area is 124 Å². The lowest BCUT2D eigenvalue weighted by Crippen LogP contribution is -2.13. The molecule has 1 heterocycles. The molecule has 0 fully saturated rings. The van der Waals surface area contributed by atoms with Gasteiger partial charge in [-0.15, -0.1) is 0 Å². The molecule has 1 aromatic carbocycles. The van der Waals surface area contributed by atoms with E-state index in [2.05, 4.69) is 51.9 Å². The molecule has 0 atom stereocenters. The van der Waals surface area contributed by atoms with Crippen LogP contribution in [0.4, 0.5) is 5.69 Å². The van der Waals surface area contributed by atoms with E-state index in [1.807, 2.05) is 0 Å². The summed E-state index contributed by atoms with van der Waals surface area (Å²) in [4.78, 5) is 10.3. The smallest absolute Gasteiger partial charge is 0.261 e. The van der Waals surface area contributed by atoms with Crippen molar-refractivity contribution in [2.75, 3.05) is 0 Å². The number of nitro groups is 1. The molecule has 0 bridgehead atoms. The van der Waals surface area contributed by atoms with Crippen LogP contribution in [0.5, 0.6) is 0 Å². The Bertz CT molecular complexity index is 658. The zero-order valence-corrected chi connectivity index (χ0v) is 13.2. The SMILES string of the molecule is Cc1cc(C(C)(C)C)cc(C)c1Cn1cc([N+](=O)[O-])cn1. The minimum absolute atomic E-state index is 0.0246. The number of rotatable bonds is 3. The first-order valence-corrected chi connectivity index (χ1v) is 6.96. The predicted molar refractivity (Wildman–Crippen MR) is 82.6 cm³/mol. The number of nitrogens with zero attached hydrogens (tertiary/aromatic N) is 3. The van der Waals surface area contributed by atoms with Gasteiger partial charge in [-0.1, -0.05) is 32.9 Å². The second-order valence-corrected chi connectivity index (χ2v) is 6.49. The first-order valence-electron chi connectivity index (χ1n) is 6.96. The average molecular weight is 287 g/mol. The van der Waals surface area contributed by atoms with Crippen LogP contribution >= 0.6 is 0 Å². The molecule has 0 aliphatic carbocycles. The number of aromatic nitrogens is 2. The van der Waals surface area contributed by atoms with Gasteiger partial charge in [-0.25, -0.2) is 0 Å². The molecule has 5 heteroatoms. The molecular formula is C16H21N3O2. The Hall–Kier alpha value is -2.17. The fourth-order valence-electron chi connectivity index (χ4n) is 2.37. The number of aryl methyl sites for hydroxylation is 2. The van der Waals surface area contributed by atoms with Crippen molar-refractivity contribution >= 4 is 5.69 Å². The van der Waals surface area contributed by atoms with E-state index in [1.54, 1.807) is 4.68 Å². The maximum absolute atomic E-state index is 10.7. The maximum atomic E-state index is 10.7. The van der Waals surface area contributed by atoms with E-state index >= 15 is 0 Å². The summed E-state index contributed by atoms with van der Waals surface area (Å²) < 4.78 is 1.62. The van der Waals surface area contributed by atoms with Gasteiger partial charge in [0.25, 0.3) is 0 Å². The average Bonchev–Trinajstić information content (AvgIpc) is 2.81. The molecule has 0 aliphatic rings. The second kappa shape index (κ2) is 5.31. The minimum Gasteiger partial charge on any atom is -0.261 e. The minimum atomic E-state index is -0.425. The van der Waals surface area contributed by atoms with Gasteiger partial charge in [0.2, 0.25) is 0 Å². The Morgan fingerprint density at radius 3 is 2.24 bits per heavy atom. The molecular weight excluding hydrogens is 266 g/mol. The van der Waals surface area contributed by atoms with Crippen LogP contribution < -0.4 is 0 Å². The second-order valence-electron chi connectivity index (χ2n) is 6.49. The third-order valence-electron chi connectivity index (χ3n) is 3.71. The highest BCUT2D eigenvalue weighted by Gasteiger charge is 2.17. The van der Waals surface area contributed by atoms with Crippen molar-refractivity contribution in [3.05, 3.63) is 56.9 Å². The number of benzene rings is 1. The summed E-state index contributed by atoms with van der Waals surface area (Å²) in [7, 11) is 0. The predicted octanol–water partition coefficient (Wildman–Crippen LogP) is 3.75. The van der Waals surface area contributed by atoms with E-state index < -0.39 is 4.92 Å². The van der Waals surface area contributed by atoms with Gasteiger partial charge in [0.05, 0.1) is 11.5 Å². The third-order valence-corrected chi connectivity index (χ3v) is 3.71. The summed E-state index contributed by atoms with van der Waals surface area (Å²) in [6.07, 6.45) is 2.75. The van der Waals surface area contributed by atoms with Crippen molar-refractivity contribution in [1.29, 1.82) is 0 Å².